The standard InChI is InChI=1S/C14H12BrCl2FN2/c15-10-5-2-4-9(14(10)18)12(20-19)7-8-3-1-6-11(16)13(8)17/h1-6,12,20H,7,19H2. The van der Waals surface area contributed by atoms with Gasteiger partial charge in [-0.15, -0.1) is 0 Å². The van der Waals surface area contributed by atoms with Crippen LogP contribution >= 0.6 is 39.1 Å². The zero-order valence-electron chi connectivity index (χ0n) is 10.3. The van der Waals surface area contributed by atoms with E-state index in [-0.39, 0.29) is 5.82 Å². The molecule has 1 atom stereocenters. The molecule has 6 heteroatoms. The maximum Gasteiger partial charge on any atom is 0.142 e. The van der Waals surface area contributed by atoms with Gasteiger partial charge in [0.2, 0.25) is 0 Å². The summed E-state index contributed by atoms with van der Waals surface area (Å²) in [6, 6.07) is 10.0. The Morgan fingerprint density at radius 2 is 1.90 bits per heavy atom. The van der Waals surface area contributed by atoms with Gasteiger partial charge in [-0.05, 0) is 40.0 Å². The van der Waals surface area contributed by atoms with Crippen LogP contribution in [0.1, 0.15) is 17.2 Å². The van der Waals surface area contributed by atoms with E-state index in [0.717, 1.165) is 5.56 Å². The highest BCUT2D eigenvalue weighted by atomic mass is 79.9. The van der Waals surface area contributed by atoms with Crippen LogP contribution in [0.5, 0.6) is 0 Å². The Labute approximate surface area is 135 Å². The summed E-state index contributed by atoms with van der Waals surface area (Å²) in [7, 11) is 0. The first-order valence-corrected chi connectivity index (χ1v) is 7.42. The number of benzene rings is 2. The summed E-state index contributed by atoms with van der Waals surface area (Å²) in [5.41, 5.74) is 3.90. The Morgan fingerprint density at radius 1 is 1.20 bits per heavy atom. The lowest BCUT2D eigenvalue weighted by Crippen LogP contribution is -2.30. The molecule has 1 unspecified atom stereocenters. The van der Waals surface area contributed by atoms with Crippen molar-refractivity contribution >= 4 is 39.1 Å². The second-order valence-corrected chi connectivity index (χ2v) is 5.92. The minimum absolute atomic E-state index is 0.339. The van der Waals surface area contributed by atoms with Gasteiger partial charge in [-0.3, -0.25) is 11.3 Å². The van der Waals surface area contributed by atoms with E-state index in [1.807, 2.05) is 6.07 Å². The van der Waals surface area contributed by atoms with Crippen molar-refractivity contribution in [3.05, 3.63) is 67.9 Å². The third-order valence-corrected chi connectivity index (χ3v) is 4.48. The number of hydrazine groups is 1. The molecule has 0 aliphatic rings. The van der Waals surface area contributed by atoms with Crippen LogP contribution in [0.2, 0.25) is 10.0 Å². The van der Waals surface area contributed by atoms with Gasteiger partial charge in [-0.1, -0.05) is 47.5 Å². The van der Waals surface area contributed by atoms with Gasteiger partial charge in [0, 0.05) is 5.56 Å². The second-order valence-electron chi connectivity index (χ2n) is 4.28. The molecule has 0 saturated carbocycles. The Morgan fingerprint density at radius 3 is 2.60 bits per heavy atom. The van der Waals surface area contributed by atoms with Gasteiger partial charge in [-0.25, -0.2) is 4.39 Å². The van der Waals surface area contributed by atoms with Gasteiger partial charge in [-0.2, -0.15) is 0 Å². The summed E-state index contributed by atoms with van der Waals surface area (Å²) >= 11 is 15.3. The fraction of sp³-hybridized carbons (Fsp3) is 0.143. The SMILES string of the molecule is NNC(Cc1cccc(Cl)c1Cl)c1cccc(Br)c1F. The molecule has 2 nitrogen and oxygen atoms in total. The Hall–Kier alpha value is -0.650. The van der Waals surface area contributed by atoms with Gasteiger partial charge in [0.15, 0.2) is 0 Å². The van der Waals surface area contributed by atoms with Gasteiger partial charge in [0.05, 0.1) is 20.6 Å². The molecule has 3 N–H and O–H groups in total. The second kappa shape index (κ2) is 6.87. The third-order valence-electron chi connectivity index (χ3n) is 3.01. The zero-order chi connectivity index (χ0) is 14.7. The molecular weight excluding hydrogens is 366 g/mol. The van der Waals surface area contributed by atoms with E-state index < -0.39 is 6.04 Å². The smallest absolute Gasteiger partial charge is 0.142 e. The highest BCUT2D eigenvalue weighted by molar-refractivity contribution is 9.10. The highest BCUT2D eigenvalue weighted by Crippen LogP contribution is 2.31. The fourth-order valence-corrected chi connectivity index (χ4v) is 2.75. The van der Waals surface area contributed by atoms with E-state index in [2.05, 4.69) is 21.4 Å². The molecule has 2 rings (SSSR count). The monoisotopic (exact) mass is 376 g/mol. The van der Waals surface area contributed by atoms with E-state index in [4.69, 9.17) is 29.0 Å². The van der Waals surface area contributed by atoms with Gasteiger partial charge in [0.1, 0.15) is 5.82 Å². The molecule has 0 fully saturated rings. The predicted octanol–water partition coefficient (Wildman–Crippen LogP) is 4.64. The van der Waals surface area contributed by atoms with Crippen molar-refractivity contribution in [1.82, 2.24) is 5.43 Å². The first-order chi connectivity index (χ1) is 9.54. The van der Waals surface area contributed by atoms with Crippen LogP contribution in [-0.4, -0.2) is 0 Å². The highest BCUT2D eigenvalue weighted by Gasteiger charge is 2.18. The summed E-state index contributed by atoms with van der Waals surface area (Å²) in [5, 5.41) is 0.930. The molecule has 2 aromatic carbocycles. The van der Waals surface area contributed by atoms with Crippen LogP contribution in [0, 0.1) is 5.82 Å². The summed E-state index contributed by atoms with van der Waals surface area (Å²) in [5.74, 6) is 5.21. The van der Waals surface area contributed by atoms with Crippen molar-refractivity contribution < 1.29 is 4.39 Å². The molecule has 0 aromatic heterocycles. The van der Waals surface area contributed by atoms with E-state index in [9.17, 15) is 4.39 Å². The van der Waals surface area contributed by atoms with Crippen molar-refractivity contribution in [2.24, 2.45) is 5.84 Å². The van der Waals surface area contributed by atoms with Gasteiger partial charge < -0.3 is 0 Å². The predicted molar refractivity (Wildman–Crippen MR) is 84.3 cm³/mol. The lowest BCUT2D eigenvalue weighted by atomic mass is 9.99. The lowest BCUT2D eigenvalue weighted by molar-refractivity contribution is 0.508. The number of nitrogens with one attached hydrogen (secondary N) is 1. The van der Waals surface area contributed by atoms with Crippen LogP contribution in [0.3, 0.4) is 0 Å². The minimum Gasteiger partial charge on any atom is -0.271 e. The molecular formula is C14H12BrCl2FN2. The molecule has 0 amide bonds. The molecule has 0 heterocycles. The summed E-state index contributed by atoms with van der Waals surface area (Å²) in [6.07, 6.45) is 0.434. The lowest BCUT2D eigenvalue weighted by Gasteiger charge is -2.18. The Balaban J connectivity index is 2.34. The average molecular weight is 378 g/mol. The third kappa shape index (κ3) is 3.32. The minimum atomic E-state index is -0.400. The van der Waals surface area contributed by atoms with Gasteiger partial charge in [0.25, 0.3) is 0 Å². The topological polar surface area (TPSA) is 38.0 Å². The first-order valence-electron chi connectivity index (χ1n) is 5.87. The molecule has 0 aliphatic carbocycles. The van der Waals surface area contributed by atoms with Crippen LogP contribution in [0.15, 0.2) is 40.9 Å². The first kappa shape index (κ1) is 15.7. The number of rotatable bonds is 4. The van der Waals surface area contributed by atoms with Crippen LogP contribution < -0.4 is 11.3 Å². The molecule has 20 heavy (non-hydrogen) atoms. The van der Waals surface area contributed by atoms with Crippen molar-refractivity contribution in [3.8, 4) is 0 Å². The fourth-order valence-electron chi connectivity index (χ4n) is 1.97. The molecule has 0 spiro atoms. The zero-order valence-corrected chi connectivity index (χ0v) is 13.4. The molecule has 2 aromatic rings. The summed E-state index contributed by atoms with van der Waals surface area (Å²) in [6.45, 7) is 0. The maximum atomic E-state index is 14.1. The number of hydrogen-bond acceptors (Lipinski definition) is 2. The van der Waals surface area contributed by atoms with Crippen molar-refractivity contribution in [2.45, 2.75) is 12.5 Å². The molecule has 0 radical (unpaired) electrons. The molecule has 0 bridgehead atoms. The van der Waals surface area contributed by atoms with E-state index in [1.165, 1.54) is 0 Å². The molecule has 106 valence electrons. The molecule has 0 aliphatic heterocycles. The van der Waals surface area contributed by atoms with E-state index >= 15 is 0 Å². The number of halogens is 4. The number of nitrogens with two attached hydrogens (primary N) is 1. The van der Waals surface area contributed by atoms with E-state index in [0.29, 0.717) is 26.5 Å². The number of hydrogen-bond donors (Lipinski definition) is 2. The largest absolute Gasteiger partial charge is 0.271 e. The van der Waals surface area contributed by atoms with Crippen molar-refractivity contribution in [1.29, 1.82) is 0 Å². The normalized spacial score (nSPS) is 12.4. The van der Waals surface area contributed by atoms with E-state index in [1.54, 1.807) is 30.3 Å². The quantitative estimate of drug-likeness (QED) is 0.601. The van der Waals surface area contributed by atoms with Crippen LogP contribution in [0.25, 0.3) is 0 Å². The van der Waals surface area contributed by atoms with Gasteiger partial charge >= 0.3 is 0 Å². The Kier molecular flexibility index (Phi) is 5.41. The summed E-state index contributed by atoms with van der Waals surface area (Å²) < 4.78 is 14.5. The molecule has 0 saturated heterocycles. The Bertz CT molecular complexity index is 622. The maximum absolute atomic E-state index is 14.1. The van der Waals surface area contributed by atoms with Crippen LogP contribution in [-0.2, 0) is 6.42 Å². The van der Waals surface area contributed by atoms with Crippen molar-refractivity contribution in [2.75, 3.05) is 0 Å². The average Bonchev–Trinajstić information content (AvgIpc) is 2.44. The summed E-state index contributed by atoms with van der Waals surface area (Å²) in [4.78, 5) is 0. The van der Waals surface area contributed by atoms with Crippen molar-refractivity contribution in [3.63, 3.8) is 0 Å². The van der Waals surface area contributed by atoms with Crippen LogP contribution in [0.4, 0.5) is 4.39 Å².